The zero-order valence-electron chi connectivity index (χ0n) is 26.7. The zero-order chi connectivity index (χ0) is 32.3. The number of carbonyl (C=O) groups is 1. The number of aryl methyl sites for hydroxylation is 1. The van der Waals surface area contributed by atoms with Crippen LogP contribution >= 0.6 is 0 Å². The number of rotatable bonds is 5. The van der Waals surface area contributed by atoms with E-state index in [4.69, 9.17) is 14.5 Å². The second-order valence-corrected chi connectivity index (χ2v) is 13.3. The molecule has 11 nitrogen and oxygen atoms in total. The average molecular weight is 608 g/mol. The molecule has 0 bridgehead atoms. The largest absolute Gasteiger partial charge is 0.496 e. The predicted octanol–water partition coefficient (Wildman–Crippen LogP) is 5.21. The lowest BCUT2D eigenvalue weighted by Gasteiger charge is -2.60. The van der Waals surface area contributed by atoms with Crippen molar-refractivity contribution in [3.63, 3.8) is 0 Å². The van der Waals surface area contributed by atoms with Gasteiger partial charge in [-0.15, -0.1) is 0 Å². The minimum Gasteiger partial charge on any atom is -0.496 e. The van der Waals surface area contributed by atoms with E-state index in [0.29, 0.717) is 71.3 Å². The maximum absolute atomic E-state index is 14.1. The molecule has 2 aliphatic heterocycles. The quantitative estimate of drug-likeness (QED) is 0.300. The number of fused-ring (bicyclic) bond motifs is 1. The molecule has 0 aliphatic carbocycles. The molecule has 2 aliphatic rings. The van der Waals surface area contributed by atoms with Crippen molar-refractivity contribution in [1.29, 1.82) is 5.26 Å². The van der Waals surface area contributed by atoms with Gasteiger partial charge in [0, 0.05) is 43.4 Å². The molecule has 0 unspecified atom stereocenters. The Balaban J connectivity index is 1.49. The van der Waals surface area contributed by atoms with Gasteiger partial charge in [0.25, 0.3) is 0 Å². The molecular formula is C34H37N7O4. The van der Waals surface area contributed by atoms with Crippen LogP contribution < -0.4 is 15.3 Å². The van der Waals surface area contributed by atoms with Gasteiger partial charge in [0.1, 0.15) is 23.2 Å². The summed E-state index contributed by atoms with van der Waals surface area (Å²) in [5, 5.41) is 10.9. The molecule has 232 valence electrons. The number of pyridine rings is 2. The van der Waals surface area contributed by atoms with Gasteiger partial charge in [-0.25, -0.2) is 19.1 Å². The summed E-state index contributed by atoms with van der Waals surface area (Å²) in [6, 6.07) is 13.3. The van der Waals surface area contributed by atoms with E-state index in [0.717, 1.165) is 11.3 Å². The highest BCUT2D eigenvalue weighted by molar-refractivity contribution is 5.93. The smallest absolute Gasteiger partial charge is 0.410 e. The number of carbonyl (C=O) groups excluding carboxylic acids is 1. The lowest BCUT2D eigenvalue weighted by atomic mass is 9.73. The van der Waals surface area contributed by atoms with E-state index in [1.165, 1.54) is 4.57 Å². The second-order valence-electron chi connectivity index (χ2n) is 13.3. The van der Waals surface area contributed by atoms with Gasteiger partial charge in [0.15, 0.2) is 5.65 Å². The third-order valence-corrected chi connectivity index (χ3v) is 8.31. The Morgan fingerprint density at radius 1 is 1.09 bits per heavy atom. The van der Waals surface area contributed by atoms with Crippen LogP contribution in [0.5, 0.6) is 5.75 Å². The Morgan fingerprint density at radius 3 is 2.44 bits per heavy atom. The van der Waals surface area contributed by atoms with E-state index < -0.39 is 11.3 Å². The van der Waals surface area contributed by atoms with Crippen LogP contribution in [-0.2, 0) is 4.74 Å². The molecular weight excluding hydrogens is 570 g/mol. The third kappa shape index (κ3) is 5.24. The van der Waals surface area contributed by atoms with Crippen molar-refractivity contribution >= 4 is 22.9 Å². The van der Waals surface area contributed by atoms with E-state index in [9.17, 15) is 14.9 Å². The van der Waals surface area contributed by atoms with Gasteiger partial charge in [0.05, 0.1) is 35.1 Å². The van der Waals surface area contributed by atoms with Gasteiger partial charge in [0.2, 0.25) is 0 Å². The molecule has 1 aromatic carbocycles. The number of nitrogens with zero attached hydrogens (tertiary/aromatic N) is 7. The molecule has 2 saturated heterocycles. The highest BCUT2D eigenvalue weighted by atomic mass is 16.6. The minimum atomic E-state index is -0.561. The van der Waals surface area contributed by atoms with Crippen LogP contribution in [-0.4, -0.2) is 69.4 Å². The lowest BCUT2D eigenvalue weighted by molar-refractivity contribution is -0.0454. The number of benzene rings is 1. The van der Waals surface area contributed by atoms with Gasteiger partial charge in [-0.3, -0.25) is 4.98 Å². The molecule has 5 heterocycles. The molecule has 0 radical (unpaired) electrons. The fourth-order valence-corrected chi connectivity index (χ4v) is 6.32. The summed E-state index contributed by atoms with van der Waals surface area (Å²) in [5.74, 6) is 1.06. The fourth-order valence-electron chi connectivity index (χ4n) is 6.32. The average Bonchev–Trinajstić information content (AvgIpc) is 2.94. The van der Waals surface area contributed by atoms with Crippen LogP contribution in [0.4, 0.5) is 10.6 Å². The fraction of sp³-hybridized carbons (Fsp3) is 0.412. The van der Waals surface area contributed by atoms with E-state index >= 15 is 0 Å². The third-order valence-electron chi connectivity index (χ3n) is 8.31. The Hall–Kier alpha value is -4.98. The minimum absolute atomic E-state index is 0.0235. The van der Waals surface area contributed by atoms with Crippen LogP contribution in [0.1, 0.15) is 57.4 Å². The molecule has 11 heteroatoms. The van der Waals surface area contributed by atoms with E-state index in [2.05, 4.69) is 16.0 Å². The van der Waals surface area contributed by atoms with Crippen molar-refractivity contribution in [2.45, 2.75) is 53.1 Å². The number of amides is 1. The maximum Gasteiger partial charge on any atom is 0.410 e. The maximum atomic E-state index is 14.1. The summed E-state index contributed by atoms with van der Waals surface area (Å²) in [5.41, 5.74) is 2.86. The topological polar surface area (TPSA) is 126 Å². The number of ether oxygens (including phenoxy) is 2. The highest BCUT2D eigenvalue weighted by Crippen LogP contribution is 2.44. The number of likely N-dealkylation sites (tertiary alicyclic amines) is 1. The number of aromatic nitrogens is 4. The summed E-state index contributed by atoms with van der Waals surface area (Å²) < 4.78 is 12.7. The molecule has 0 saturated carbocycles. The molecule has 1 spiro atoms. The molecule has 0 N–H and O–H groups in total. The normalized spacial score (nSPS) is 15.5. The summed E-state index contributed by atoms with van der Waals surface area (Å²) >= 11 is 0. The monoisotopic (exact) mass is 607 g/mol. The number of hydrogen-bond acceptors (Lipinski definition) is 9. The summed E-state index contributed by atoms with van der Waals surface area (Å²) in [7, 11) is 1.57. The van der Waals surface area contributed by atoms with Crippen molar-refractivity contribution in [2.24, 2.45) is 5.41 Å². The van der Waals surface area contributed by atoms with Crippen molar-refractivity contribution in [3.8, 4) is 28.8 Å². The Labute approximate surface area is 262 Å². The first-order valence-electron chi connectivity index (χ1n) is 15.0. The molecule has 3 aromatic heterocycles. The first-order chi connectivity index (χ1) is 21.3. The van der Waals surface area contributed by atoms with Gasteiger partial charge in [-0.1, -0.05) is 26.0 Å². The van der Waals surface area contributed by atoms with Crippen LogP contribution in [0.25, 0.3) is 28.0 Å². The first-order valence-corrected chi connectivity index (χ1v) is 15.0. The summed E-state index contributed by atoms with van der Waals surface area (Å²) in [4.78, 5) is 44.6. The SMILES string of the molecule is COc1ccccc1-c1nc2c(cc1C#N)c(N1CC3(CN(C(=O)OC(C)(C)C)C3)C1)nc(=O)n2-c1c(C)ccnc1C(C)C. The van der Waals surface area contributed by atoms with Gasteiger partial charge < -0.3 is 19.3 Å². The van der Waals surface area contributed by atoms with E-state index in [-0.39, 0.29) is 17.4 Å². The standard InChI is InChI=1S/C34H37N7O4/c1-20(2)26-28(21(3)12-13-36-26)41-30-24(14-22(15-35)27(37-30)23-10-8-9-11-25(23)44-7)29(38-31(41)42)39-16-34(17-39)18-40(19-34)32(43)45-33(4,5)6/h8-14,20H,16-19H2,1-7H3. The van der Waals surface area contributed by atoms with Gasteiger partial charge >= 0.3 is 11.8 Å². The van der Waals surface area contributed by atoms with E-state index in [1.807, 2.05) is 76.8 Å². The lowest BCUT2D eigenvalue weighted by Crippen LogP contribution is -2.73. The number of hydrogen-bond donors (Lipinski definition) is 0. The Bertz CT molecular complexity index is 1920. The van der Waals surface area contributed by atoms with Crippen molar-refractivity contribution in [2.75, 3.05) is 38.2 Å². The Kier molecular flexibility index (Phi) is 7.26. The molecule has 2 fully saturated rings. The molecule has 4 aromatic rings. The van der Waals surface area contributed by atoms with Crippen LogP contribution in [0, 0.1) is 23.7 Å². The van der Waals surface area contributed by atoms with Crippen molar-refractivity contribution in [3.05, 3.63) is 69.9 Å². The van der Waals surface area contributed by atoms with E-state index in [1.54, 1.807) is 24.3 Å². The number of anilines is 1. The number of methoxy groups -OCH3 is 1. The van der Waals surface area contributed by atoms with Crippen LogP contribution in [0.3, 0.4) is 0 Å². The number of nitriles is 1. The van der Waals surface area contributed by atoms with Crippen molar-refractivity contribution in [1.82, 2.24) is 24.4 Å². The van der Waals surface area contributed by atoms with Gasteiger partial charge in [-0.2, -0.15) is 10.2 Å². The summed E-state index contributed by atoms with van der Waals surface area (Å²) in [6.45, 7) is 13.9. The molecule has 6 rings (SSSR count). The summed E-state index contributed by atoms with van der Waals surface area (Å²) in [6.07, 6.45) is 1.42. The first kappa shape index (κ1) is 30.1. The molecule has 0 atom stereocenters. The van der Waals surface area contributed by atoms with Crippen molar-refractivity contribution < 1.29 is 14.3 Å². The van der Waals surface area contributed by atoms with Gasteiger partial charge in [-0.05, 0) is 63.4 Å². The van der Waals surface area contributed by atoms with Crippen LogP contribution in [0.15, 0.2) is 47.4 Å². The predicted molar refractivity (Wildman–Crippen MR) is 171 cm³/mol. The number of para-hydroxylation sites is 1. The Morgan fingerprint density at radius 2 is 1.80 bits per heavy atom. The molecule has 1 amide bonds. The molecule has 45 heavy (non-hydrogen) atoms. The van der Waals surface area contributed by atoms with Crippen LogP contribution in [0.2, 0.25) is 0 Å². The second kappa shape index (κ2) is 10.9. The zero-order valence-corrected chi connectivity index (χ0v) is 26.7. The highest BCUT2D eigenvalue weighted by Gasteiger charge is 2.54.